The van der Waals surface area contributed by atoms with Crippen molar-refractivity contribution >= 4 is 11.4 Å². The van der Waals surface area contributed by atoms with Crippen LogP contribution in [0.2, 0.25) is 0 Å². The van der Waals surface area contributed by atoms with Gasteiger partial charge in [-0.2, -0.15) is 0 Å². The summed E-state index contributed by atoms with van der Waals surface area (Å²) < 4.78 is 5.81. The van der Waals surface area contributed by atoms with Crippen LogP contribution < -0.4 is 10.2 Å². The molecule has 4 nitrogen and oxygen atoms in total. The molecule has 1 aromatic rings. The second kappa shape index (κ2) is 7.96. The molecule has 138 valence electrons. The van der Waals surface area contributed by atoms with Gasteiger partial charge in [-0.25, -0.2) is 0 Å². The molecule has 3 atom stereocenters. The number of anilines is 2. The molecule has 4 rings (SSSR count). The zero-order valence-electron chi connectivity index (χ0n) is 15.6. The highest BCUT2D eigenvalue weighted by Crippen LogP contribution is 2.27. The molecule has 0 unspecified atom stereocenters. The van der Waals surface area contributed by atoms with Crippen molar-refractivity contribution in [3.63, 3.8) is 0 Å². The van der Waals surface area contributed by atoms with Crippen molar-refractivity contribution in [1.82, 2.24) is 4.90 Å². The Labute approximate surface area is 152 Å². The monoisotopic (exact) mass is 343 g/mol. The number of nitrogens with one attached hydrogen (secondary N) is 1. The topological polar surface area (TPSA) is 27.7 Å². The van der Waals surface area contributed by atoms with Crippen LogP contribution in [0.25, 0.3) is 0 Å². The molecule has 0 saturated carbocycles. The van der Waals surface area contributed by atoms with Gasteiger partial charge in [0.2, 0.25) is 0 Å². The molecule has 0 spiro atoms. The lowest BCUT2D eigenvalue weighted by atomic mass is 9.93. The van der Waals surface area contributed by atoms with Gasteiger partial charge in [0.1, 0.15) is 0 Å². The Hall–Kier alpha value is -1.26. The highest BCUT2D eigenvalue weighted by molar-refractivity contribution is 5.58. The molecule has 3 aliphatic rings. The van der Waals surface area contributed by atoms with E-state index in [-0.39, 0.29) is 0 Å². The molecule has 3 saturated heterocycles. The van der Waals surface area contributed by atoms with Crippen molar-refractivity contribution < 1.29 is 4.74 Å². The minimum Gasteiger partial charge on any atom is -0.382 e. The summed E-state index contributed by atoms with van der Waals surface area (Å²) in [5, 5.41) is 3.82. The van der Waals surface area contributed by atoms with Crippen LogP contribution >= 0.6 is 0 Å². The summed E-state index contributed by atoms with van der Waals surface area (Å²) in [6.45, 7) is 9.27. The molecular weight excluding hydrogens is 310 g/mol. The normalized spacial score (nSPS) is 30.8. The van der Waals surface area contributed by atoms with Gasteiger partial charge in [0, 0.05) is 56.7 Å². The molecule has 4 heteroatoms. The summed E-state index contributed by atoms with van der Waals surface area (Å²) in [6.07, 6.45) is 6.85. The van der Waals surface area contributed by atoms with E-state index in [0.717, 1.165) is 13.2 Å². The predicted molar refractivity (Wildman–Crippen MR) is 104 cm³/mol. The average molecular weight is 344 g/mol. The summed E-state index contributed by atoms with van der Waals surface area (Å²) in [7, 11) is 0. The molecule has 0 aliphatic carbocycles. The van der Waals surface area contributed by atoms with Crippen molar-refractivity contribution in [1.29, 1.82) is 0 Å². The summed E-state index contributed by atoms with van der Waals surface area (Å²) in [5.74, 6) is 0.672. The van der Waals surface area contributed by atoms with Crippen LogP contribution in [0.4, 0.5) is 11.4 Å². The van der Waals surface area contributed by atoms with E-state index in [1.807, 2.05) is 0 Å². The lowest BCUT2D eigenvalue weighted by Crippen LogP contribution is -2.47. The third-order valence-corrected chi connectivity index (χ3v) is 6.14. The van der Waals surface area contributed by atoms with Gasteiger partial charge in [-0.05, 0) is 56.2 Å². The molecule has 3 heterocycles. The quantitative estimate of drug-likeness (QED) is 0.884. The molecule has 0 bridgehead atoms. The van der Waals surface area contributed by atoms with Gasteiger partial charge in [-0.15, -0.1) is 0 Å². The largest absolute Gasteiger partial charge is 0.382 e. The van der Waals surface area contributed by atoms with Gasteiger partial charge in [-0.3, -0.25) is 0 Å². The van der Waals surface area contributed by atoms with Gasteiger partial charge in [-0.1, -0.05) is 13.0 Å². The third kappa shape index (κ3) is 4.29. The molecule has 0 amide bonds. The predicted octanol–water partition coefficient (Wildman–Crippen LogP) is 3.59. The fourth-order valence-corrected chi connectivity index (χ4v) is 4.67. The maximum absolute atomic E-state index is 5.81. The van der Waals surface area contributed by atoms with E-state index in [4.69, 9.17) is 4.74 Å². The van der Waals surface area contributed by atoms with Gasteiger partial charge in [0.05, 0.1) is 6.10 Å². The van der Waals surface area contributed by atoms with Crippen LogP contribution in [0.3, 0.4) is 0 Å². The number of hydrogen-bond acceptors (Lipinski definition) is 4. The number of hydrogen-bond donors (Lipinski definition) is 1. The van der Waals surface area contributed by atoms with Crippen LogP contribution in [0.5, 0.6) is 0 Å². The molecule has 0 aromatic heterocycles. The third-order valence-electron chi connectivity index (χ3n) is 6.14. The second-order valence-electron chi connectivity index (χ2n) is 8.16. The first-order chi connectivity index (χ1) is 12.3. The SMILES string of the molecule is C[C@@H]1CN(C[C@@H]2CCCO2)CC[C@H]1Nc1cccc(N2CCCC2)c1. The molecule has 1 N–H and O–H groups in total. The van der Waals surface area contributed by atoms with E-state index in [1.165, 1.54) is 69.7 Å². The second-order valence-corrected chi connectivity index (χ2v) is 8.16. The maximum atomic E-state index is 5.81. The highest BCUT2D eigenvalue weighted by atomic mass is 16.5. The Morgan fingerprint density at radius 2 is 2.00 bits per heavy atom. The zero-order valence-corrected chi connectivity index (χ0v) is 15.6. The number of likely N-dealkylation sites (tertiary alicyclic amines) is 1. The number of ether oxygens (including phenoxy) is 1. The number of piperidine rings is 1. The molecule has 0 radical (unpaired) electrons. The summed E-state index contributed by atoms with van der Waals surface area (Å²) in [4.78, 5) is 5.12. The molecular formula is C21H33N3O. The zero-order chi connectivity index (χ0) is 17.1. The first-order valence-electron chi connectivity index (χ1n) is 10.2. The van der Waals surface area contributed by atoms with Crippen molar-refractivity contribution in [3.8, 4) is 0 Å². The van der Waals surface area contributed by atoms with Crippen LogP contribution in [0.15, 0.2) is 24.3 Å². The Morgan fingerprint density at radius 1 is 1.12 bits per heavy atom. The number of nitrogens with zero attached hydrogens (tertiary/aromatic N) is 2. The van der Waals surface area contributed by atoms with Crippen LogP contribution in [0.1, 0.15) is 39.0 Å². The molecule has 25 heavy (non-hydrogen) atoms. The fraction of sp³-hybridized carbons (Fsp3) is 0.714. The Balaban J connectivity index is 1.31. The van der Waals surface area contributed by atoms with Crippen LogP contribution in [0, 0.1) is 5.92 Å². The van der Waals surface area contributed by atoms with Gasteiger partial charge in [0.25, 0.3) is 0 Å². The lowest BCUT2D eigenvalue weighted by molar-refractivity contribution is 0.0563. The Morgan fingerprint density at radius 3 is 2.76 bits per heavy atom. The van der Waals surface area contributed by atoms with Crippen molar-refractivity contribution in [3.05, 3.63) is 24.3 Å². The molecule has 1 aromatic carbocycles. The van der Waals surface area contributed by atoms with Crippen molar-refractivity contribution in [2.45, 2.75) is 51.2 Å². The van der Waals surface area contributed by atoms with E-state index in [9.17, 15) is 0 Å². The molecule has 3 fully saturated rings. The first-order valence-corrected chi connectivity index (χ1v) is 10.2. The minimum absolute atomic E-state index is 0.480. The Kier molecular flexibility index (Phi) is 5.47. The van der Waals surface area contributed by atoms with E-state index in [1.54, 1.807) is 0 Å². The fourth-order valence-electron chi connectivity index (χ4n) is 4.67. The van der Waals surface area contributed by atoms with Crippen LogP contribution in [-0.2, 0) is 4.74 Å². The average Bonchev–Trinajstić information content (AvgIpc) is 3.31. The Bertz CT molecular complexity index is 552. The highest BCUT2D eigenvalue weighted by Gasteiger charge is 2.28. The van der Waals surface area contributed by atoms with Crippen molar-refractivity contribution in [2.24, 2.45) is 5.92 Å². The summed E-state index contributed by atoms with van der Waals surface area (Å²) in [5.41, 5.74) is 2.67. The van der Waals surface area contributed by atoms with Crippen LogP contribution in [-0.4, -0.2) is 56.4 Å². The standard InChI is InChI=1S/C21H33N3O/c1-17-15-23(16-20-8-5-13-25-20)12-9-21(17)22-18-6-4-7-19(14-18)24-10-2-3-11-24/h4,6-7,14,17,20-22H,2-3,5,8-13,15-16H2,1H3/t17-,20+,21-/m1/s1. The van der Waals surface area contributed by atoms with Gasteiger partial charge in [0.15, 0.2) is 0 Å². The first kappa shape index (κ1) is 17.2. The lowest BCUT2D eigenvalue weighted by Gasteiger charge is -2.38. The van der Waals surface area contributed by atoms with E-state index < -0.39 is 0 Å². The maximum Gasteiger partial charge on any atom is 0.0702 e. The van der Waals surface area contributed by atoms with E-state index in [0.29, 0.717) is 18.1 Å². The smallest absolute Gasteiger partial charge is 0.0702 e. The van der Waals surface area contributed by atoms with Gasteiger partial charge >= 0.3 is 0 Å². The van der Waals surface area contributed by atoms with E-state index >= 15 is 0 Å². The van der Waals surface area contributed by atoms with E-state index in [2.05, 4.69) is 46.3 Å². The number of benzene rings is 1. The summed E-state index contributed by atoms with van der Waals surface area (Å²) >= 11 is 0. The minimum atomic E-state index is 0.480. The van der Waals surface area contributed by atoms with Gasteiger partial charge < -0.3 is 19.9 Å². The molecule has 3 aliphatic heterocycles. The number of rotatable bonds is 5. The summed E-state index contributed by atoms with van der Waals surface area (Å²) in [6, 6.07) is 9.61. The van der Waals surface area contributed by atoms with Crippen molar-refractivity contribution in [2.75, 3.05) is 49.5 Å².